The van der Waals surface area contributed by atoms with Gasteiger partial charge in [-0.3, -0.25) is 10.1 Å². The summed E-state index contributed by atoms with van der Waals surface area (Å²) in [5.41, 5.74) is 1.80. The Morgan fingerprint density at radius 1 is 1.47 bits per heavy atom. The molecule has 19 heavy (non-hydrogen) atoms. The first-order chi connectivity index (χ1) is 9.31. The lowest BCUT2D eigenvalue weighted by atomic mass is 10.2. The highest BCUT2D eigenvalue weighted by Gasteiger charge is 2.17. The van der Waals surface area contributed by atoms with Crippen LogP contribution < -0.4 is 10.6 Å². The Kier molecular flexibility index (Phi) is 3.70. The van der Waals surface area contributed by atoms with Crippen molar-refractivity contribution in [3.63, 3.8) is 0 Å². The quantitative estimate of drug-likeness (QED) is 0.796. The lowest BCUT2D eigenvalue weighted by Crippen LogP contribution is -2.40. The van der Waals surface area contributed by atoms with Crippen LogP contribution in [0.5, 0.6) is 0 Å². The molecule has 0 spiro atoms. The zero-order valence-electron chi connectivity index (χ0n) is 10.5. The highest BCUT2D eigenvalue weighted by atomic mass is 32.2. The minimum absolute atomic E-state index is 0.000874. The fourth-order valence-electron chi connectivity index (χ4n) is 2.17. The van der Waals surface area contributed by atoms with E-state index in [9.17, 15) is 4.79 Å². The molecule has 1 amide bonds. The number of aromatic amines is 1. The SMILES string of the molecule is O=C(CC1CSCCN1)Nc1nc2ccccc2[nH]1. The van der Waals surface area contributed by atoms with Gasteiger partial charge in [0.2, 0.25) is 11.9 Å². The van der Waals surface area contributed by atoms with E-state index in [1.165, 1.54) is 0 Å². The number of nitrogens with zero attached hydrogens (tertiary/aromatic N) is 1. The number of hydrogen-bond acceptors (Lipinski definition) is 4. The molecule has 1 aromatic heterocycles. The third-order valence-electron chi connectivity index (χ3n) is 3.08. The summed E-state index contributed by atoms with van der Waals surface area (Å²) in [6.45, 7) is 0.979. The van der Waals surface area contributed by atoms with Crippen LogP contribution in [0.15, 0.2) is 24.3 Å². The summed E-state index contributed by atoms with van der Waals surface area (Å²) in [5.74, 6) is 2.64. The fourth-order valence-corrected chi connectivity index (χ4v) is 3.12. The van der Waals surface area contributed by atoms with Gasteiger partial charge in [0, 0.05) is 30.5 Å². The van der Waals surface area contributed by atoms with Crippen molar-refractivity contribution in [1.82, 2.24) is 15.3 Å². The number of fused-ring (bicyclic) bond motifs is 1. The van der Waals surface area contributed by atoms with Crippen LogP contribution >= 0.6 is 11.8 Å². The maximum absolute atomic E-state index is 11.9. The molecule has 0 radical (unpaired) electrons. The highest BCUT2D eigenvalue weighted by molar-refractivity contribution is 7.99. The lowest BCUT2D eigenvalue weighted by molar-refractivity contribution is -0.116. The van der Waals surface area contributed by atoms with Crippen LogP contribution in [0.25, 0.3) is 11.0 Å². The predicted molar refractivity (Wildman–Crippen MR) is 78.5 cm³/mol. The van der Waals surface area contributed by atoms with E-state index in [4.69, 9.17) is 0 Å². The summed E-state index contributed by atoms with van der Waals surface area (Å²) in [6, 6.07) is 7.99. The van der Waals surface area contributed by atoms with E-state index in [1.54, 1.807) is 0 Å². The van der Waals surface area contributed by atoms with Gasteiger partial charge >= 0.3 is 0 Å². The Morgan fingerprint density at radius 2 is 2.37 bits per heavy atom. The fraction of sp³-hybridized carbons (Fsp3) is 0.385. The number of amides is 1. The Labute approximate surface area is 115 Å². The standard InChI is InChI=1S/C13H16N4OS/c18-12(7-9-8-19-6-5-14-9)17-13-15-10-3-1-2-4-11(10)16-13/h1-4,9,14H,5-8H2,(H2,15,16,17,18). The van der Waals surface area contributed by atoms with Crippen LogP contribution in [0.2, 0.25) is 0 Å². The number of para-hydroxylation sites is 2. The first kappa shape index (κ1) is 12.5. The largest absolute Gasteiger partial charge is 0.324 e. The molecule has 1 aliphatic heterocycles. The van der Waals surface area contributed by atoms with E-state index in [0.717, 1.165) is 29.1 Å². The van der Waals surface area contributed by atoms with Crippen molar-refractivity contribution >= 4 is 34.7 Å². The van der Waals surface area contributed by atoms with Crippen LogP contribution in [0.1, 0.15) is 6.42 Å². The molecule has 5 nitrogen and oxygen atoms in total. The zero-order chi connectivity index (χ0) is 13.1. The molecule has 1 aromatic carbocycles. The van der Waals surface area contributed by atoms with Gasteiger partial charge in [-0.1, -0.05) is 12.1 Å². The van der Waals surface area contributed by atoms with Gasteiger partial charge in [-0.25, -0.2) is 4.98 Å². The van der Waals surface area contributed by atoms with Gasteiger partial charge in [-0.05, 0) is 12.1 Å². The van der Waals surface area contributed by atoms with Crippen LogP contribution in [0.4, 0.5) is 5.95 Å². The summed E-state index contributed by atoms with van der Waals surface area (Å²) in [5, 5.41) is 6.17. The third kappa shape index (κ3) is 3.08. The first-order valence-corrected chi connectivity index (χ1v) is 7.52. The number of carbonyl (C=O) groups excluding carboxylic acids is 1. The summed E-state index contributed by atoms with van der Waals surface area (Å²) in [7, 11) is 0. The molecule has 100 valence electrons. The van der Waals surface area contributed by atoms with Gasteiger partial charge in [0.05, 0.1) is 11.0 Å². The number of carbonyl (C=O) groups is 1. The van der Waals surface area contributed by atoms with Gasteiger partial charge in [0.25, 0.3) is 0 Å². The molecule has 1 fully saturated rings. The maximum atomic E-state index is 11.9. The second-order valence-corrected chi connectivity index (χ2v) is 5.73. The number of H-pyrrole nitrogens is 1. The van der Waals surface area contributed by atoms with Crippen molar-refractivity contribution in [2.75, 3.05) is 23.4 Å². The summed E-state index contributed by atoms with van der Waals surface area (Å²) >= 11 is 1.89. The molecule has 1 saturated heterocycles. The molecule has 0 bridgehead atoms. The topological polar surface area (TPSA) is 69.8 Å². The lowest BCUT2D eigenvalue weighted by Gasteiger charge is -2.22. The molecule has 6 heteroatoms. The summed E-state index contributed by atoms with van der Waals surface area (Å²) in [4.78, 5) is 19.4. The van der Waals surface area contributed by atoms with Gasteiger partial charge in [0.1, 0.15) is 0 Å². The number of nitrogens with one attached hydrogen (secondary N) is 3. The van der Waals surface area contributed by atoms with Crippen LogP contribution in [-0.4, -0.2) is 40.0 Å². The smallest absolute Gasteiger partial charge is 0.228 e. The Morgan fingerprint density at radius 3 is 3.16 bits per heavy atom. The monoisotopic (exact) mass is 276 g/mol. The van der Waals surface area contributed by atoms with Gasteiger partial charge in [-0.2, -0.15) is 11.8 Å². The van der Waals surface area contributed by atoms with E-state index in [-0.39, 0.29) is 11.9 Å². The molecule has 0 aliphatic carbocycles. The predicted octanol–water partition coefficient (Wildman–Crippen LogP) is 1.60. The van der Waals surface area contributed by atoms with E-state index < -0.39 is 0 Å². The number of rotatable bonds is 3. The van der Waals surface area contributed by atoms with Crippen molar-refractivity contribution in [2.45, 2.75) is 12.5 Å². The van der Waals surface area contributed by atoms with Crippen molar-refractivity contribution in [2.24, 2.45) is 0 Å². The van der Waals surface area contributed by atoms with Crippen LogP contribution in [0.3, 0.4) is 0 Å². The first-order valence-electron chi connectivity index (χ1n) is 6.37. The second-order valence-electron chi connectivity index (χ2n) is 4.58. The van der Waals surface area contributed by atoms with Crippen LogP contribution in [-0.2, 0) is 4.79 Å². The number of hydrogen-bond donors (Lipinski definition) is 3. The molecule has 0 saturated carbocycles. The normalized spacial score (nSPS) is 19.5. The second kappa shape index (κ2) is 5.63. The molecule has 3 rings (SSSR count). The van der Waals surface area contributed by atoms with Crippen LogP contribution in [0, 0.1) is 0 Å². The molecule has 1 aliphatic rings. The zero-order valence-corrected chi connectivity index (χ0v) is 11.3. The Hall–Kier alpha value is -1.53. The van der Waals surface area contributed by atoms with E-state index in [0.29, 0.717) is 12.4 Å². The minimum Gasteiger partial charge on any atom is -0.324 e. The summed E-state index contributed by atoms with van der Waals surface area (Å²) < 4.78 is 0. The number of anilines is 1. The Balaban J connectivity index is 1.62. The Bertz CT molecular complexity index is 544. The van der Waals surface area contributed by atoms with Gasteiger partial charge < -0.3 is 10.3 Å². The highest BCUT2D eigenvalue weighted by Crippen LogP contribution is 2.14. The average Bonchev–Trinajstić information content (AvgIpc) is 2.81. The van der Waals surface area contributed by atoms with Crippen molar-refractivity contribution in [3.8, 4) is 0 Å². The minimum atomic E-state index is -0.000874. The third-order valence-corrected chi connectivity index (χ3v) is 4.21. The molecule has 1 unspecified atom stereocenters. The van der Waals surface area contributed by atoms with Crippen molar-refractivity contribution < 1.29 is 4.79 Å². The van der Waals surface area contributed by atoms with Crippen molar-refractivity contribution in [1.29, 1.82) is 0 Å². The molecule has 2 heterocycles. The van der Waals surface area contributed by atoms with Gasteiger partial charge in [-0.15, -0.1) is 0 Å². The number of thioether (sulfide) groups is 1. The van der Waals surface area contributed by atoms with E-state index >= 15 is 0 Å². The molecule has 1 atom stereocenters. The van der Waals surface area contributed by atoms with Crippen molar-refractivity contribution in [3.05, 3.63) is 24.3 Å². The number of benzene rings is 1. The van der Waals surface area contributed by atoms with E-state index in [1.807, 2.05) is 36.0 Å². The maximum Gasteiger partial charge on any atom is 0.228 e. The average molecular weight is 276 g/mol. The molecule has 2 aromatic rings. The van der Waals surface area contributed by atoms with E-state index in [2.05, 4.69) is 20.6 Å². The molecular weight excluding hydrogens is 260 g/mol. The molecule has 3 N–H and O–H groups in total. The van der Waals surface area contributed by atoms with Gasteiger partial charge in [0.15, 0.2) is 0 Å². The molecular formula is C13H16N4OS. The number of imidazole rings is 1. The summed E-state index contributed by atoms with van der Waals surface area (Å²) in [6.07, 6.45) is 0.490. The number of aromatic nitrogens is 2.